The van der Waals surface area contributed by atoms with Gasteiger partial charge in [0.1, 0.15) is 5.78 Å². The zero-order chi connectivity index (χ0) is 16.4. The van der Waals surface area contributed by atoms with Crippen molar-refractivity contribution in [1.82, 2.24) is 9.97 Å². The van der Waals surface area contributed by atoms with Gasteiger partial charge in [0.15, 0.2) is 0 Å². The maximum absolute atomic E-state index is 12.3. The van der Waals surface area contributed by atoms with Crippen LogP contribution < -0.4 is 0 Å². The Kier molecular flexibility index (Phi) is 3.91. The van der Waals surface area contributed by atoms with Crippen LogP contribution in [-0.2, 0) is 17.6 Å². The molecule has 0 aliphatic rings. The molecule has 0 amide bonds. The third-order valence-corrected chi connectivity index (χ3v) is 4.72. The fourth-order valence-electron chi connectivity index (χ4n) is 3.41. The van der Waals surface area contributed by atoms with E-state index in [0.717, 1.165) is 23.9 Å². The van der Waals surface area contributed by atoms with Crippen LogP contribution >= 0.6 is 0 Å². The van der Waals surface area contributed by atoms with E-state index in [-0.39, 0.29) is 0 Å². The molecule has 0 saturated heterocycles. The van der Waals surface area contributed by atoms with Gasteiger partial charge in [-0.25, -0.2) is 0 Å². The number of benzene rings is 2. The molecule has 0 aliphatic carbocycles. The highest BCUT2D eigenvalue weighted by atomic mass is 16.1. The van der Waals surface area contributed by atoms with E-state index in [9.17, 15) is 4.79 Å². The summed E-state index contributed by atoms with van der Waals surface area (Å²) in [7, 11) is 0. The number of Topliss-reactive ketones (excluding diaryl/α,β-unsaturated/α-hetero) is 1. The van der Waals surface area contributed by atoms with E-state index < -0.39 is 0 Å². The third kappa shape index (κ3) is 2.85. The Bertz CT molecular complexity index is 913. The monoisotopic (exact) mass is 316 g/mol. The molecule has 2 N–H and O–H groups in total. The molecule has 0 atom stereocenters. The van der Waals surface area contributed by atoms with Gasteiger partial charge in [0.2, 0.25) is 0 Å². The number of aryl methyl sites for hydroxylation is 2. The standard InChI is InChI=1S/C21H20N2O/c24-17(9-7-15-3-1-5-20-18(15)11-13-22-20)10-8-16-4-2-6-21-19(16)12-14-23-21/h1-6,11-14,22-23H,7-10H2. The first-order valence-corrected chi connectivity index (χ1v) is 8.43. The van der Waals surface area contributed by atoms with Gasteiger partial charge in [-0.2, -0.15) is 0 Å². The predicted octanol–water partition coefficient (Wildman–Crippen LogP) is 4.78. The van der Waals surface area contributed by atoms with Crippen LogP contribution in [0.4, 0.5) is 0 Å². The Balaban J connectivity index is 1.39. The van der Waals surface area contributed by atoms with Crippen molar-refractivity contribution in [3.05, 3.63) is 72.1 Å². The molecule has 120 valence electrons. The molecule has 24 heavy (non-hydrogen) atoms. The Hall–Kier alpha value is -2.81. The minimum absolute atomic E-state index is 0.329. The number of ketones is 1. The van der Waals surface area contributed by atoms with Gasteiger partial charge in [0.25, 0.3) is 0 Å². The number of nitrogens with one attached hydrogen (secondary N) is 2. The first-order chi connectivity index (χ1) is 11.8. The van der Waals surface area contributed by atoms with Crippen molar-refractivity contribution in [1.29, 1.82) is 0 Å². The zero-order valence-corrected chi connectivity index (χ0v) is 13.5. The van der Waals surface area contributed by atoms with Crippen LogP contribution in [0.2, 0.25) is 0 Å². The number of rotatable bonds is 6. The van der Waals surface area contributed by atoms with Gasteiger partial charge in [0, 0.05) is 47.0 Å². The molecule has 0 bridgehead atoms. The predicted molar refractivity (Wildman–Crippen MR) is 98.2 cm³/mol. The number of aromatic amines is 2. The van der Waals surface area contributed by atoms with E-state index in [2.05, 4.69) is 46.4 Å². The van der Waals surface area contributed by atoms with Crippen LogP contribution in [0.25, 0.3) is 21.8 Å². The largest absolute Gasteiger partial charge is 0.361 e. The Morgan fingerprint density at radius 2 is 1.21 bits per heavy atom. The van der Waals surface area contributed by atoms with Gasteiger partial charge in [-0.1, -0.05) is 24.3 Å². The first-order valence-electron chi connectivity index (χ1n) is 8.43. The van der Waals surface area contributed by atoms with Crippen molar-refractivity contribution in [2.45, 2.75) is 25.7 Å². The molecular weight excluding hydrogens is 296 g/mol. The molecule has 0 saturated carbocycles. The molecule has 2 heterocycles. The van der Waals surface area contributed by atoms with Crippen LogP contribution in [0, 0.1) is 0 Å². The number of fused-ring (bicyclic) bond motifs is 2. The molecule has 0 radical (unpaired) electrons. The number of hydrogen-bond donors (Lipinski definition) is 2. The highest BCUT2D eigenvalue weighted by Gasteiger charge is 2.08. The molecule has 4 rings (SSSR count). The molecule has 3 nitrogen and oxygen atoms in total. The number of carbonyl (C=O) groups excluding carboxylic acids is 1. The summed E-state index contributed by atoms with van der Waals surface area (Å²) in [5, 5.41) is 2.45. The first kappa shape index (κ1) is 14.8. The number of hydrogen-bond acceptors (Lipinski definition) is 1. The summed E-state index contributed by atoms with van der Waals surface area (Å²) in [6, 6.07) is 16.6. The summed E-state index contributed by atoms with van der Waals surface area (Å²) in [4.78, 5) is 18.8. The van der Waals surface area contributed by atoms with Crippen LogP contribution in [0.15, 0.2) is 60.9 Å². The van der Waals surface area contributed by atoms with Gasteiger partial charge in [-0.15, -0.1) is 0 Å². The van der Waals surface area contributed by atoms with Crippen molar-refractivity contribution in [2.75, 3.05) is 0 Å². The van der Waals surface area contributed by atoms with Crippen molar-refractivity contribution in [3.63, 3.8) is 0 Å². The van der Waals surface area contributed by atoms with Gasteiger partial charge in [-0.05, 0) is 48.2 Å². The summed E-state index contributed by atoms with van der Waals surface area (Å²) < 4.78 is 0. The fraction of sp³-hybridized carbons (Fsp3) is 0.190. The average molecular weight is 316 g/mol. The van der Waals surface area contributed by atoms with Crippen LogP contribution in [-0.4, -0.2) is 15.8 Å². The van der Waals surface area contributed by atoms with E-state index in [1.165, 1.54) is 21.9 Å². The maximum atomic E-state index is 12.3. The second-order valence-corrected chi connectivity index (χ2v) is 6.25. The lowest BCUT2D eigenvalue weighted by molar-refractivity contribution is -0.119. The molecule has 0 unspecified atom stereocenters. The molecule has 0 fully saturated rings. The molecule has 0 aliphatic heterocycles. The maximum Gasteiger partial charge on any atom is 0.133 e. The summed E-state index contributed by atoms with van der Waals surface area (Å²) in [6.07, 6.45) is 6.73. The Morgan fingerprint density at radius 3 is 1.71 bits per heavy atom. The lowest BCUT2D eigenvalue weighted by atomic mass is 9.99. The van der Waals surface area contributed by atoms with E-state index in [4.69, 9.17) is 0 Å². The van der Waals surface area contributed by atoms with E-state index in [1.807, 2.05) is 24.5 Å². The second kappa shape index (κ2) is 6.36. The van der Waals surface area contributed by atoms with Crippen molar-refractivity contribution >= 4 is 27.6 Å². The smallest absolute Gasteiger partial charge is 0.133 e. The Labute approximate surface area is 140 Å². The second-order valence-electron chi connectivity index (χ2n) is 6.25. The average Bonchev–Trinajstić information content (AvgIpc) is 3.26. The lowest BCUT2D eigenvalue weighted by Gasteiger charge is -2.05. The number of aromatic nitrogens is 2. The minimum atomic E-state index is 0.329. The van der Waals surface area contributed by atoms with E-state index in [1.54, 1.807) is 0 Å². The number of carbonyl (C=O) groups is 1. The van der Waals surface area contributed by atoms with Crippen molar-refractivity contribution in [3.8, 4) is 0 Å². The summed E-state index contributed by atoms with van der Waals surface area (Å²) in [6.45, 7) is 0. The van der Waals surface area contributed by atoms with E-state index in [0.29, 0.717) is 18.6 Å². The fourth-order valence-corrected chi connectivity index (χ4v) is 3.41. The highest BCUT2D eigenvalue weighted by Crippen LogP contribution is 2.21. The quantitative estimate of drug-likeness (QED) is 0.528. The lowest BCUT2D eigenvalue weighted by Crippen LogP contribution is -2.02. The summed E-state index contributed by atoms with van der Waals surface area (Å²) in [5.74, 6) is 0.329. The van der Waals surface area contributed by atoms with Gasteiger partial charge >= 0.3 is 0 Å². The normalized spacial score (nSPS) is 11.3. The van der Waals surface area contributed by atoms with E-state index >= 15 is 0 Å². The molecular formula is C21H20N2O. The zero-order valence-electron chi connectivity index (χ0n) is 13.5. The highest BCUT2D eigenvalue weighted by molar-refractivity contribution is 5.86. The molecule has 0 spiro atoms. The number of H-pyrrole nitrogens is 2. The molecule has 2 aromatic heterocycles. The molecule has 4 aromatic rings. The van der Waals surface area contributed by atoms with Crippen molar-refractivity contribution < 1.29 is 4.79 Å². The van der Waals surface area contributed by atoms with Crippen LogP contribution in [0.3, 0.4) is 0 Å². The van der Waals surface area contributed by atoms with Gasteiger partial charge < -0.3 is 9.97 Å². The summed E-state index contributed by atoms with van der Waals surface area (Å²) >= 11 is 0. The Morgan fingerprint density at radius 1 is 0.708 bits per heavy atom. The minimum Gasteiger partial charge on any atom is -0.361 e. The summed E-state index contributed by atoms with van der Waals surface area (Å²) in [5.41, 5.74) is 4.77. The third-order valence-electron chi connectivity index (χ3n) is 4.72. The van der Waals surface area contributed by atoms with Gasteiger partial charge in [-0.3, -0.25) is 4.79 Å². The molecule has 3 heteroatoms. The van der Waals surface area contributed by atoms with Crippen LogP contribution in [0.1, 0.15) is 24.0 Å². The van der Waals surface area contributed by atoms with Gasteiger partial charge in [0.05, 0.1) is 0 Å². The SMILES string of the molecule is O=C(CCc1cccc2[nH]ccc12)CCc1cccc2[nH]ccc12. The topological polar surface area (TPSA) is 48.6 Å². The van der Waals surface area contributed by atoms with Crippen molar-refractivity contribution in [2.24, 2.45) is 0 Å². The molecule has 2 aromatic carbocycles. The van der Waals surface area contributed by atoms with Crippen LogP contribution in [0.5, 0.6) is 0 Å².